The predicted molar refractivity (Wildman–Crippen MR) is 102 cm³/mol. The fraction of sp³-hybridized carbons (Fsp3) is 0.632. The lowest BCUT2D eigenvalue weighted by atomic mass is 9.94. The summed E-state index contributed by atoms with van der Waals surface area (Å²) in [4.78, 5) is 4.28. The molecule has 1 saturated heterocycles. The molecule has 0 saturated carbocycles. The molecule has 0 amide bonds. The van der Waals surface area contributed by atoms with Gasteiger partial charge >= 0.3 is 0 Å². The van der Waals surface area contributed by atoms with Gasteiger partial charge in [-0.25, -0.2) is 0 Å². The van der Waals surface area contributed by atoms with Gasteiger partial charge in [0.25, 0.3) is 0 Å². The largest absolute Gasteiger partial charge is 0.493 e. The number of nitrogens with one attached hydrogen (secondary N) is 2. The smallest absolute Gasteiger partial charge is 0.191 e. The van der Waals surface area contributed by atoms with Crippen LogP contribution in [0.4, 0.5) is 0 Å². The van der Waals surface area contributed by atoms with E-state index in [2.05, 4.69) is 15.6 Å². The molecule has 1 aliphatic rings. The molecule has 1 aromatic carbocycles. The lowest BCUT2D eigenvalue weighted by Gasteiger charge is -2.36. The molecule has 0 radical (unpaired) electrons. The van der Waals surface area contributed by atoms with Crippen molar-refractivity contribution in [2.24, 2.45) is 4.99 Å². The van der Waals surface area contributed by atoms with E-state index in [9.17, 15) is 0 Å². The molecule has 26 heavy (non-hydrogen) atoms. The second kappa shape index (κ2) is 10.2. The topological polar surface area (TPSA) is 73.3 Å². The summed E-state index contributed by atoms with van der Waals surface area (Å²) in [6.07, 6.45) is 1.70. The Morgan fingerprint density at radius 2 is 1.88 bits per heavy atom. The van der Waals surface area contributed by atoms with Crippen molar-refractivity contribution in [2.45, 2.75) is 31.5 Å². The Bertz CT molecular complexity index is 574. The molecule has 1 atom stereocenters. The van der Waals surface area contributed by atoms with Gasteiger partial charge < -0.3 is 29.6 Å². The molecule has 0 aromatic heterocycles. The lowest BCUT2D eigenvalue weighted by Crippen LogP contribution is -2.51. The van der Waals surface area contributed by atoms with Crippen molar-refractivity contribution in [3.63, 3.8) is 0 Å². The lowest BCUT2D eigenvalue weighted by molar-refractivity contribution is -0.0855. The van der Waals surface area contributed by atoms with E-state index in [-0.39, 0.29) is 11.7 Å². The van der Waals surface area contributed by atoms with Gasteiger partial charge in [0.2, 0.25) is 0 Å². The minimum Gasteiger partial charge on any atom is -0.493 e. The highest BCUT2D eigenvalue weighted by atomic mass is 16.5. The highest BCUT2D eigenvalue weighted by molar-refractivity contribution is 5.79. The molecule has 0 aliphatic carbocycles. The number of ether oxygens (including phenoxy) is 4. The van der Waals surface area contributed by atoms with E-state index < -0.39 is 0 Å². The Hall–Kier alpha value is -1.99. The van der Waals surface area contributed by atoms with Gasteiger partial charge in [0.15, 0.2) is 17.5 Å². The minimum absolute atomic E-state index is 0.0516. The summed E-state index contributed by atoms with van der Waals surface area (Å²) in [6, 6.07) is 7.63. The van der Waals surface area contributed by atoms with Crippen molar-refractivity contribution in [2.75, 3.05) is 47.6 Å². The van der Waals surface area contributed by atoms with Crippen LogP contribution < -0.4 is 20.1 Å². The fourth-order valence-electron chi connectivity index (χ4n) is 2.88. The van der Waals surface area contributed by atoms with E-state index in [4.69, 9.17) is 18.9 Å². The summed E-state index contributed by atoms with van der Waals surface area (Å²) in [5.74, 6) is 2.18. The fourth-order valence-corrected chi connectivity index (χ4v) is 2.88. The van der Waals surface area contributed by atoms with E-state index in [1.807, 2.05) is 31.2 Å². The van der Waals surface area contributed by atoms with Gasteiger partial charge in [-0.1, -0.05) is 12.1 Å². The molecule has 146 valence electrons. The van der Waals surface area contributed by atoms with E-state index >= 15 is 0 Å². The van der Waals surface area contributed by atoms with Crippen LogP contribution in [0.3, 0.4) is 0 Å². The Kier molecular flexibility index (Phi) is 8.00. The molecule has 7 nitrogen and oxygen atoms in total. The zero-order valence-electron chi connectivity index (χ0n) is 16.2. The summed E-state index contributed by atoms with van der Waals surface area (Å²) in [5.41, 5.74) is -0.199. The van der Waals surface area contributed by atoms with Crippen LogP contribution in [0.1, 0.15) is 19.8 Å². The van der Waals surface area contributed by atoms with Crippen molar-refractivity contribution in [3.8, 4) is 11.5 Å². The third-order valence-corrected chi connectivity index (χ3v) is 4.59. The molecule has 0 spiro atoms. The zero-order valence-corrected chi connectivity index (χ0v) is 16.2. The van der Waals surface area contributed by atoms with Crippen LogP contribution in [-0.2, 0) is 9.47 Å². The third kappa shape index (κ3) is 5.78. The minimum atomic E-state index is -0.199. The van der Waals surface area contributed by atoms with Gasteiger partial charge in [-0.05, 0) is 19.1 Å². The number of para-hydroxylation sites is 2. The maximum absolute atomic E-state index is 5.96. The molecule has 7 heteroatoms. The van der Waals surface area contributed by atoms with Gasteiger partial charge in [0.1, 0.15) is 6.10 Å². The average Bonchev–Trinajstić information content (AvgIpc) is 2.69. The standard InChI is InChI=1S/C19H31N3O4/c1-15(26-17-8-6-5-7-16(17)23-3)13-21-18(20-2)22-14-19(24-4)9-11-25-12-10-19/h5-8,15H,9-14H2,1-4H3,(H2,20,21,22). The van der Waals surface area contributed by atoms with Crippen LogP contribution in [0.25, 0.3) is 0 Å². The number of guanidine groups is 1. The van der Waals surface area contributed by atoms with Crippen molar-refractivity contribution >= 4 is 5.96 Å². The number of aliphatic imine (C=N–C) groups is 1. The number of rotatable bonds is 8. The number of nitrogens with zero attached hydrogens (tertiary/aromatic N) is 1. The maximum atomic E-state index is 5.96. The first-order chi connectivity index (χ1) is 12.6. The van der Waals surface area contributed by atoms with E-state index in [1.165, 1.54) is 0 Å². The van der Waals surface area contributed by atoms with Gasteiger partial charge in [0.05, 0.1) is 19.3 Å². The molecule has 0 bridgehead atoms. The summed E-state index contributed by atoms with van der Waals surface area (Å²) < 4.78 is 22.4. The maximum Gasteiger partial charge on any atom is 0.191 e. The van der Waals surface area contributed by atoms with Crippen LogP contribution >= 0.6 is 0 Å². The molecule has 1 fully saturated rings. The molecular weight excluding hydrogens is 334 g/mol. The number of hydrogen-bond acceptors (Lipinski definition) is 5. The highest BCUT2D eigenvalue weighted by Crippen LogP contribution is 2.26. The zero-order chi connectivity index (χ0) is 18.8. The number of methoxy groups -OCH3 is 2. The van der Waals surface area contributed by atoms with Crippen molar-refractivity contribution in [3.05, 3.63) is 24.3 Å². The average molecular weight is 365 g/mol. The van der Waals surface area contributed by atoms with E-state index in [1.54, 1.807) is 21.3 Å². The van der Waals surface area contributed by atoms with E-state index in [0.717, 1.165) is 43.5 Å². The highest BCUT2D eigenvalue weighted by Gasteiger charge is 2.32. The molecule has 2 N–H and O–H groups in total. The Morgan fingerprint density at radius 3 is 2.50 bits per heavy atom. The van der Waals surface area contributed by atoms with Gasteiger partial charge in [-0.2, -0.15) is 0 Å². The molecule has 1 unspecified atom stereocenters. The molecule has 2 rings (SSSR count). The van der Waals surface area contributed by atoms with Gasteiger partial charge in [-0.15, -0.1) is 0 Å². The molecular formula is C19H31N3O4. The first-order valence-electron chi connectivity index (χ1n) is 8.99. The van der Waals surface area contributed by atoms with Gasteiger partial charge in [0, 0.05) is 46.8 Å². The normalized spacial score (nSPS) is 18.1. The summed E-state index contributed by atoms with van der Waals surface area (Å²) in [6.45, 7) is 4.76. The second-order valence-electron chi connectivity index (χ2n) is 6.39. The summed E-state index contributed by atoms with van der Waals surface area (Å²) in [7, 11) is 5.15. The SMILES string of the molecule is CN=C(NCC(C)Oc1ccccc1OC)NCC1(OC)CCOCC1. The van der Waals surface area contributed by atoms with Crippen LogP contribution in [0.15, 0.2) is 29.3 Å². The monoisotopic (exact) mass is 365 g/mol. The number of hydrogen-bond donors (Lipinski definition) is 2. The molecule has 1 aliphatic heterocycles. The summed E-state index contributed by atoms with van der Waals surface area (Å²) >= 11 is 0. The van der Waals surface area contributed by atoms with Gasteiger partial charge in [-0.3, -0.25) is 4.99 Å². The molecule has 1 heterocycles. The second-order valence-corrected chi connectivity index (χ2v) is 6.39. The quantitative estimate of drug-likeness (QED) is 0.541. The van der Waals surface area contributed by atoms with Crippen molar-refractivity contribution in [1.82, 2.24) is 10.6 Å². The Morgan fingerprint density at radius 1 is 1.19 bits per heavy atom. The molecule has 1 aromatic rings. The first-order valence-corrected chi connectivity index (χ1v) is 8.99. The first kappa shape index (κ1) is 20.3. The van der Waals surface area contributed by atoms with Crippen LogP contribution in [0.2, 0.25) is 0 Å². The number of benzene rings is 1. The Balaban J connectivity index is 1.80. The predicted octanol–water partition coefficient (Wildman–Crippen LogP) is 1.82. The van der Waals surface area contributed by atoms with Crippen molar-refractivity contribution < 1.29 is 18.9 Å². The third-order valence-electron chi connectivity index (χ3n) is 4.59. The van der Waals surface area contributed by atoms with Crippen LogP contribution in [0.5, 0.6) is 11.5 Å². The van der Waals surface area contributed by atoms with Crippen LogP contribution in [-0.4, -0.2) is 65.2 Å². The van der Waals surface area contributed by atoms with Crippen LogP contribution in [0, 0.1) is 0 Å². The Labute approximate surface area is 156 Å². The van der Waals surface area contributed by atoms with Crippen molar-refractivity contribution in [1.29, 1.82) is 0 Å². The summed E-state index contributed by atoms with van der Waals surface area (Å²) in [5, 5.41) is 6.64. The van der Waals surface area contributed by atoms with E-state index in [0.29, 0.717) is 13.1 Å².